The van der Waals surface area contributed by atoms with Crippen molar-refractivity contribution in [2.45, 2.75) is 33.6 Å². The van der Waals surface area contributed by atoms with Gasteiger partial charge in [-0.3, -0.25) is 14.4 Å². The molecule has 0 bridgehead atoms. The molecule has 1 aliphatic heterocycles. The number of hydrogen-bond acceptors (Lipinski definition) is 3. The lowest BCUT2D eigenvalue weighted by molar-refractivity contribution is -0.132. The third-order valence-corrected chi connectivity index (χ3v) is 4.64. The zero-order valence-electron chi connectivity index (χ0n) is 14.8. The van der Waals surface area contributed by atoms with Gasteiger partial charge in [-0.2, -0.15) is 0 Å². The molecular formula is C18H24ClN3O3. The van der Waals surface area contributed by atoms with Crippen LogP contribution in [0.15, 0.2) is 18.2 Å². The summed E-state index contributed by atoms with van der Waals surface area (Å²) in [7, 11) is 0. The lowest BCUT2D eigenvalue weighted by Gasteiger charge is -2.30. The number of hydrogen-bond donors (Lipinski definition) is 2. The summed E-state index contributed by atoms with van der Waals surface area (Å²) in [5.74, 6) is -0.398. The number of nitrogens with one attached hydrogen (secondary N) is 2. The topological polar surface area (TPSA) is 78.5 Å². The molecule has 0 spiro atoms. The van der Waals surface area contributed by atoms with Crippen molar-refractivity contribution in [3.8, 4) is 0 Å². The molecule has 1 fully saturated rings. The number of benzene rings is 1. The van der Waals surface area contributed by atoms with Gasteiger partial charge in [0.25, 0.3) is 0 Å². The molecule has 0 unspecified atom stereocenters. The van der Waals surface area contributed by atoms with Gasteiger partial charge in [0, 0.05) is 37.5 Å². The molecule has 136 valence electrons. The van der Waals surface area contributed by atoms with Gasteiger partial charge >= 0.3 is 0 Å². The number of carbonyl (C=O) groups is 3. The molecule has 0 aliphatic carbocycles. The maximum atomic E-state index is 12.4. The fraction of sp³-hybridized carbons (Fsp3) is 0.500. The molecule has 1 aromatic rings. The Morgan fingerprint density at radius 3 is 2.32 bits per heavy atom. The number of amides is 3. The van der Waals surface area contributed by atoms with Crippen LogP contribution in [0, 0.1) is 11.8 Å². The molecule has 1 aromatic carbocycles. The van der Waals surface area contributed by atoms with Crippen LogP contribution in [-0.2, 0) is 14.4 Å². The predicted molar refractivity (Wildman–Crippen MR) is 98.5 cm³/mol. The molecular weight excluding hydrogens is 342 g/mol. The number of rotatable bonds is 4. The van der Waals surface area contributed by atoms with Crippen molar-refractivity contribution < 1.29 is 14.4 Å². The first kappa shape index (κ1) is 19.2. The molecule has 0 aromatic heterocycles. The smallest absolute Gasteiger partial charge is 0.227 e. The van der Waals surface area contributed by atoms with Crippen LogP contribution in [0.2, 0.25) is 5.02 Å². The first-order chi connectivity index (χ1) is 11.8. The zero-order chi connectivity index (χ0) is 18.6. The van der Waals surface area contributed by atoms with Gasteiger partial charge in [-0.05, 0) is 31.0 Å². The van der Waals surface area contributed by atoms with Crippen LogP contribution in [0.5, 0.6) is 0 Å². The van der Waals surface area contributed by atoms with E-state index in [-0.39, 0.29) is 29.6 Å². The normalized spacial score (nSPS) is 15.2. The van der Waals surface area contributed by atoms with Crippen LogP contribution in [0.3, 0.4) is 0 Å². The summed E-state index contributed by atoms with van der Waals surface area (Å²) in [6, 6.07) is 5.01. The molecule has 0 radical (unpaired) electrons. The van der Waals surface area contributed by atoms with Gasteiger partial charge in [-0.25, -0.2) is 0 Å². The number of carbonyl (C=O) groups excluding carboxylic acids is 3. The van der Waals surface area contributed by atoms with Gasteiger partial charge in [0.2, 0.25) is 17.7 Å². The molecule has 0 atom stereocenters. The average molecular weight is 366 g/mol. The molecule has 0 saturated carbocycles. The quantitative estimate of drug-likeness (QED) is 0.860. The highest BCUT2D eigenvalue weighted by atomic mass is 35.5. The summed E-state index contributed by atoms with van der Waals surface area (Å²) in [6.45, 7) is 6.36. The third-order valence-electron chi connectivity index (χ3n) is 4.33. The third kappa shape index (κ3) is 5.19. The van der Waals surface area contributed by atoms with E-state index in [0.29, 0.717) is 42.3 Å². The van der Waals surface area contributed by atoms with E-state index in [9.17, 15) is 14.4 Å². The lowest BCUT2D eigenvalue weighted by atomic mass is 9.96. The fourth-order valence-electron chi connectivity index (χ4n) is 2.67. The van der Waals surface area contributed by atoms with Gasteiger partial charge < -0.3 is 15.5 Å². The highest BCUT2D eigenvalue weighted by Crippen LogP contribution is 2.27. The van der Waals surface area contributed by atoms with Crippen molar-refractivity contribution >= 4 is 40.7 Å². The zero-order valence-corrected chi connectivity index (χ0v) is 15.5. The first-order valence-electron chi connectivity index (χ1n) is 8.44. The lowest BCUT2D eigenvalue weighted by Crippen LogP contribution is -2.40. The van der Waals surface area contributed by atoms with Crippen LogP contribution >= 0.6 is 11.6 Å². The van der Waals surface area contributed by atoms with Gasteiger partial charge in [0.05, 0.1) is 10.7 Å². The Labute approximate surface area is 152 Å². The minimum atomic E-state index is -0.142. The summed E-state index contributed by atoms with van der Waals surface area (Å²) < 4.78 is 0. The van der Waals surface area contributed by atoms with Crippen LogP contribution in [-0.4, -0.2) is 35.7 Å². The standard InChI is InChI=1S/C18H24ClN3O3/c1-11(2)17(24)21-16-5-4-14(10-15(16)19)20-18(25)13-6-8-22(9-7-13)12(3)23/h4-5,10-11,13H,6-9H2,1-3H3,(H,20,25)(H,21,24). The summed E-state index contributed by atoms with van der Waals surface area (Å²) >= 11 is 6.19. The number of halogens is 1. The number of anilines is 2. The second-order valence-electron chi connectivity index (χ2n) is 6.61. The summed E-state index contributed by atoms with van der Waals surface area (Å²) in [5.41, 5.74) is 1.11. The molecule has 1 saturated heterocycles. The van der Waals surface area contributed by atoms with E-state index in [1.807, 2.05) is 0 Å². The van der Waals surface area contributed by atoms with E-state index < -0.39 is 0 Å². The Morgan fingerprint density at radius 2 is 1.80 bits per heavy atom. The minimum Gasteiger partial charge on any atom is -0.343 e. The fourth-order valence-corrected chi connectivity index (χ4v) is 2.90. The minimum absolute atomic E-state index is 0.0460. The van der Waals surface area contributed by atoms with Gasteiger partial charge in [0.1, 0.15) is 0 Å². The second-order valence-corrected chi connectivity index (χ2v) is 7.02. The van der Waals surface area contributed by atoms with Crippen molar-refractivity contribution in [2.24, 2.45) is 11.8 Å². The summed E-state index contributed by atoms with van der Waals surface area (Å²) in [6.07, 6.45) is 1.31. The van der Waals surface area contributed by atoms with E-state index in [1.165, 1.54) is 0 Å². The SMILES string of the molecule is CC(=O)N1CCC(C(=O)Nc2ccc(NC(=O)C(C)C)c(Cl)c2)CC1. The van der Waals surface area contributed by atoms with E-state index in [0.717, 1.165) is 0 Å². The van der Waals surface area contributed by atoms with Crippen molar-refractivity contribution in [1.82, 2.24) is 4.90 Å². The highest BCUT2D eigenvalue weighted by Gasteiger charge is 2.26. The Balaban J connectivity index is 1.94. The van der Waals surface area contributed by atoms with E-state index >= 15 is 0 Å². The Kier molecular flexibility index (Phi) is 6.42. The van der Waals surface area contributed by atoms with Crippen molar-refractivity contribution in [2.75, 3.05) is 23.7 Å². The monoisotopic (exact) mass is 365 g/mol. The van der Waals surface area contributed by atoms with Crippen molar-refractivity contribution in [1.29, 1.82) is 0 Å². The molecule has 1 aliphatic rings. The summed E-state index contributed by atoms with van der Waals surface area (Å²) in [4.78, 5) is 37.2. The Morgan fingerprint density at radius 1 is 1.16 bits per heavy atom. The molecule has 2 N–H and O–H groups in total. The Bertz CT molecular complexity index is 668. The Hall–Kier alpha value is -2.08. The number of nitrogens with zero attached hydrogens (tertiary/aromatic N) is 1. The van der Waals surface area contributed by atoms with Crippen molar-refractivity contribution in [3.63, 3.8) is 0 Å². The maximum Gasteiger partial charge on any atom is 0.227 e. The first-order valence-corrected chi connectivity index (χ1v) is 8.82. The van der Waals surface area contributed by atoms with Crippen molar-refractivity contribution in [3.05, 3.63) is 23.2 Å². The average Bonchev–Trinajstić information content (AvgIpc) is 2.57. The second kappa shape index (κ2) is 8.34. The van der Waals surface area contributed by atoms with Crippen LogP contribution in [0.4, 0.5) is 11.4 Å². The molecule has 2 rings (SSSR count). The van der Waals surface area contributed by atoms with E-state index in [2.05, 4.69) is 10.6 Å². The molecule has 7 heteroatoms. The number of piperidine rings is 1. The van der Waals surface area contributed by atoms with Crippen LogP contribution in [0.25, 0.3) is 0 Å². The molecule has 25 heavy (non-hydrogen) atoms. The highest BCUT2D eigenvalue weighted by molar-refractivity contribution is 6.34. The molecule has 1 heterocycles. The molecule has 6 nitrogen and oxygen atoms in total. The van der Waals surface area contributed by atoms with E-state index in [1.54, 1.807) is 43.9 Å². The van der Waals surface area contributed by atoms with E-state index in [4.69, 9.17) is 11.6 Å². The largest absolute Gasteiger partial charge is 0.343 e. The maximum absolute atomic E-state index is 12.4. The van der Waals surface area contributed by atoms with Gasteiger partial charge in [0.15, 0.2) is 0 Å². The van der Waals surface area contributed by atoms with Gasteiger partial charge in [-0.1, -0.05) is 25.4 Å². The van der Waals surface area contributed by atoms with Crippen LogP contribution in [0.1, 0.15) is 33.6 Å². The van der Waals surface area contributed by atoms with Crippen LogP contribution < -0.4 is 10.6 Å². The van der Waals surface area contributed by atoms with Gasteiger partial charge in [-0.15, -0.1) is 0 Å². The predicted octanol–water partition coefficient (Wildman–Crippen LogP) is 3.13. The molecule has 3 amide bonds. The number of likely N-dealkylation sites (tertiary alicyclic amines) is 1. The summed E-state index contributed by atoms with van der Waals surface area (Å²) in [5, 5.41) is 5.98.